The Balaban J connectivity index is 1.25. The lowest BCUT2D eigenvalue weighted by atomic mass is 10.1. The molecule has 0 radical (unpaired) electrons. The first-order chi connectivity index (χ1) is 14.2. The van der Waals surface area contributed by atoms with Gasteiger partial charge in [0.05, 0.1) is 11.4 Å². The molecule has 1 unspecified atom stereocenters. The second-order valence-electron chi connectivity index (χ2n) is 7.24. The Morgan fingerprint density at radius 1 is 1.31 bits per heavy atom. The predicted molar refractivity (Wildman–Crippen MR) is 108 cm³/mol. The van der Waals surface area contributed by atoms with Gasteiger partial charge in [0.15, 0.2) is 11.4 Å². The van der Waals surface area contributed by atoms with E-state index in [9.17, 15) is 4.79 Å². The summed E-state index contributed by atoms with van der Waals surface area (Å²) in [6.45, 7) is 2.74. The Kier molecular flexibility index (Phi) is 4.59. The van der Waals surface area contributed by atoms with E-state index >= 15 is 0 Å². The molecule has 1 N–H and O–H groups in total. The molecule has 3 aromatic heterocycles. The van der Waals surface area contributed by atoms with Gasteiger partial charge in [0.25, 0.3) is 0 Å². The standard InChI is InChI=1S/C20H20N6O2S/c1-12-21-16(11-29-12)20-24-23-18-7-6-13(8-9-26(18)20)22-19(27)10-15-14-4-2-3-5-17(14)28-25-15/h2-5,11,13H,6-10H2,1H3,(H,22,27). The zero-order valence-corrected chi connectivity index (χ0v) is 16.8. The summed E-state index contributed by atoms with van der Waals surface area (Å²) >= 11 is 1.61. The number of rotatable bonds is 4. The number of carbonyl (C=O) groups excluding carboxylic acids is 1. The number of hydrogen-bond donors (Lipinski definition) is 1. The van der Waals surface area contributed by atoms with Crippen LogP contribution in [0, 0.1) is 6.92 Å². The maximum absolute atomic E-state index is 12.6. The zero-order chi connectivity index (χ0) is 19.8. The van der Waals surface area contributed by atoms with Crippen LogP contribution in [-0.2, 0) is 24.2 Å². The highest BCUT2D eigenvalue weighted by atomic mass is 32.1. The summed E-state index contributed by atoms with van der Waals surface area (Å²) in [5, 5.41) is 19.8. The van der Waals surface area contributed by atoms with Gasteiger partial charge < -0.3 is 14.4 Å². The molecule has 4 aromatic rings. The topological polar surface area (TPSA) is 98.7 Å². The van der Waals surface area contributed by atoms with E-state index in [0.29, 0.717) is 11.3 Å². The number of hydrogen-bond acceptors (Lipinski definition) is 7. The number of carbonyl (C=O) groups is 1. The first-order valence-corrected chi connectivity index (χ1v) is 10.5. The Bertz CT molecular complexity index is 1180. The van der Waals surface area contributed by atoms with Crippen LogP contribution in [0.1, 0.15) is 29.4 Å². The molecule has 0 bridgehead atoms. The quantitative estimate of drug-likeness (QED) is 0.557. The van der Waals surface area contributed by atoms with Crippen molar-refractivity contribution in [3.05, 3.63) is 46.2 Å². The number of aryl methyl sites for hydroxylation is 2. The van der Waals surface area contributed by atoms with Crippen molar-refractivity contribution in [2.75, 3.05) is 0 Å². The van der Waals surface area contributed by atoms with Gasteiger partial charge in [-0.05, 0) is 31.9 Å². The second kappa shape index (κ2) is 7.40. The Hall–Kier alpha value is -3.07. The van der Waals surface area contributed by atoms with E-state index in [1.807, 2.05) is 36.6 Å². The van der Waals surface area contributed by atoms with Gasteiger partial charge in [-0.3, -0.25) is 4.79 Å². The molecule has 0 fully saturated rings. The van der Waals surface area contributed by atoms with Crippen molar-refractivity contribution in [3.63, 3.8) is 0 Å². The molecule has 1 amide bonds. The van der Waals surface area contributed by atoms with E-state index in [2.05, 4.69) is 30.2 Å². The van der Waals surface area contributed by atoms with Crippen LogP contribution < -0.4 is 5.32 Å². The molecule has 0 spiro atoms. The van der Waals surface area contributed by atoms with Gasteiger partial charge >= 0.3 is 0 Å². The fraction of sp³-hybridized carbons (Fsp3) is 0.350. The molecular weight excluding hydrogens is 388 g/mol. The second-order valence-corrected chi connectivity index (χ2v) is 8.30. The first-order valence-electron chi connectivity index (χ1n) is 9.64. The highest BCUT2D eigenvalue weighted by Crippen LogP contribution is 2.24. The molecule has 148 valence electrons. The van der Waals surface area contributed by atoms with Crippen LogP contribution >= 0.6 is 11.3 Å². The van der Waals surface area contributed by atoms with Crippen molar-refractivity contribution < 1.29 is 9.32 Å². The van der Waals surface area contributed by atoms with Crippen molar-refractivity contribution in [1.29, 1.82) is 0 Å². The Labute approximate surface area is 171 Å². The molecule has 29 heavy (non-hydrogen) atoms. The van der Waals surface area contributed by atoms with Crippen molar-refractivity contribution in [2.24, 2.45) is 0 Å². The fourth-order valence-electron chi connectivity index (χ4n) is 3.78. The fourth-order valence-corrected chi connectivity index (χ4v) is 4.38. The Morgan fingerprint density at radius 2 is 2.21 bits per heavy atom. The number of benzene rings is 1. The van der Waals surface area contributed by atoms with E-state index in [1.165, 1.54) is 0 Å². The summed E-state index contributed by atoms with van der Waals surface area (Å²) in [5.74, 6) is 1.72. The summed E-state index contributed by atoms with van der Waals surface area (Å²) in [6, 6.07) is 7.68. The lowest BCUT2D eigenvalue weighted by Gasteiger charge is -2.15. The SMILES string of the molecule is Cc1nc(-c2nnc3n2CCC(NC(=O)Cc2noc4ccccc24)CC3)cs1. The third-order valence-electron chi connectivity index (χ3n) is 5.24. The zero-order valence-electron chi connectivity index (χ0n) is 16.0. The smallest absolute Gasteiger partial charge is 0.226 e. The number of thiazole rings is 1. The van der Waals surface area contributed by atoms with Gasteiger partial charge in [-0.25, -0.2) is 4.98 Å². The Morgan fingerprint density at radius 3 is 3.07 bits per heavy atom. The number of amides is 1. The summed E-state index contributed by atoms with van der Waals surface area (Å²) in [4.78, 5) is 17.1. The minimum absolute atomic E-state index is 0.0398. The molecule has 1 aliphatic rings. The van der Waals surface area contributed by atoms with E-state index in [4.69, 9.17) is 4.52 Å². The summed E-state index contributed by atoms with van der Waals surface area (Å²) in [5.41, 5.74) is 2.24. The summed E-state index contributed by atoms with van der Waals surface area (Å²) < 4.78 is 7.43. The average Bonchev–Trinajstić information content (AvgIpc) is 3.40. The van der Waals surface area contributed by atoms with Crippen molar-refractivity contribution in [3.8, 4) is 11.5 Å². The number of fused-ring (bicyclic) bond motifs is 2. The van der Waals surface area contributed by atoms with E-state index in [-0.39, 0.29) is 18.4 Å². The number of nitrogens with zero attached hydrogens (tertiary/aromatic N) is 5. The van der Waals surface area contributed by atoms with Crippen molar-refractivity contribution in [1.82, 2.24) is 30.2 Å². The van der Waals surface area contributed by atoms with E-state index in [1.54, 1.807) is 11.3 Å². The predicted octanol–water partition coefficient (Wildman–Crippen LogP) is 2.92. The first kappa shape index (κ1) is 18.0. The number of para-hydroxylation sites is 1. The minimum Gasteiger partial charge on any atom is -0.356 e. The third-order valence-corrected chi connectivity index (χ3v) is 6.01. The lowest BCUT2D eigenvalue weighted by molar-refractivity contribution is -0.121. The summed E-state index contributed by atoms with van der Waals surface area (Å²) in [6.07, 6.45) is 2.64. The van der Waals surface area contributed by atoms with Gasteiger partial charge in [0, 0.05) is 29.8 Å². The monoisotopic (exact) mass is 408 g/mol. The van der Waals surface area contributed by atoms with E-state index in [0.717, 1.165) is 53.5 Å². The van der Waals surface area contributed by atoms with Crippen LogP contribution in [0.25, 0.3) is 22.5 Å². The average molecular weight is 408 g/mol. The molecule has 1 aromatic carbocycles. The molecule has 0 saturated heterocycles. The number of aromatic nitrogens is 5. The van der Waals surface area contributed by atoms with Gasteiger partial charge in [-0.1, -0.05) is 17.3 Å². The highest BCUT2D eigenvalue weighted by molar-refractivity contribution is 7.09. The minimum atomic E-state index is -0.0398. The molecule has 0 aliphatic carbocycles. The molecule has 8 nitrogen and oxygen atoms in total. The highest BCUT2D eigenvalue weighted by Gasteiger charge is 2.23. The maximum Gasteiger partial charge on any atom is 0.226 e. The lowest BCUT2D eigenvalue weighted by Crippen LogP contribution is -2.36. The molecule has 0 saturated carbocycles. The molecule has 4 heterocycles. The molecule has 9 heteroatoms. The van der Waals surface area contributed by atoms with Gasteiger partial charge in [0.2, 0.25) is 5.91 Å². The van der Waals surface area contributed by atoms with Crippen LogP contribution in [0.3, 0.4) is 0 Å². The molecule has 5 rings (SSSR count). The molecular formula is C20H20N6O2S. The van der Waals surface area contributed by atoms with Crippen molar-refractivity contribution in [2.45, 2.75) is 45.2 Å². The van der Waals surface area contributed by atoms with Crippen LogP contribution in [0.5, 0.6) is 0 Å². The maximum atomic E-state index is 12.6. The van der Waals surface area contributed by atoms with Crippen LogP contribution in [0.15, 0.2) is 34.2 Å². The van der Waals surface area contributed by atoms with Crippen LogP contribution in [0.2, 0.25) is 0 Å². The number of nitrogens with one attached hydrogen (secondary N) is 1. The van der Waals surface area contributed by atoms with Gasteiger partial charge in [-0.2, -0.15) is 0 Å². The third kappa shape index (κ3) is 3.53. The largest absolute Gasteiger partial charge is 0.356 e. The van der Waals surface area contributed by atoms with Crippen LogP contribution in [0.4, 0.5) is 0 Å². The molecule has 1 atom stereocenters. The van der Waals surface area contributed by atoms with Gasteiger partial charge in [-0.15, -0.1) is 21.5 Å². The van der Waals surface area contributed by atoms with Crippen LogP contribution in [-0.4, -0.2) is 36.9 Å². The van der Waals surface area contributed by atoms with Crippen molar-refractivity contribution >= 4 is 28.2 Å². The summed E-state index contributed by atoms with van der Waals surface area (Å²) in [7, 11) is 0. The molecule has 1 aliphatic heterocycles. The van der Waals surface area contributed by atoms with E-state index < -0.39 is 0 Å². The normalized spacial score (nSPS) is 16.5. The van der Waals surface area contributed by atoms with Gasteiger partial charge in [0.1, 0.15) is 17.2 Å².